The molecule has 4 nitrogen and oxygen atoms in total. The van der Waals surface area contributed by atoms with Crippen molar-refractivity contribution in [3.05, 3.63) is 33.5 Å². The Bertz CT molecular complexity index is 613. The molecule has 1 heterocycles. The predicted octanol–water partition coefficient (Wildman–Crippen LogP) is 3.41. The molecule has 3 rings (SSSR count). The Labute approximate surface area is 118 Å². The summed E-state index contributed by atoms with van der Waals surface area (Å²) in [5, 5.41) is 0.656. The number of nitrogen functional groups attached to an aromatic ring is 1. The molecule has 1 fully saturated rings. The highest BCUT2D eigenvalue weighted by Crippen LogP contribution is 2.38. The summed E-state index contributed by atoms with van der Waals surface area (Å²) < 4.78 is 0.814. The van der Waals surface area contributed by atoms with Crippen LogP contribution in [0.3, 0.4) is 0 Å². The van der Waals surface area contributed by atoms with Gasteiger partial charge in [-0.05, 0) is 47.0 Å². The molecule has 0 atom stereocenters. The lowest BCUT2D eigenvalue weighted by Crippen LogP contribution is -2.04. The van der Waals surface area contributed by atoms with E-state index in [-0.39, 0.29) is 5.95 Å². The molecule has 6 heteroatoms. The Hall–Kier alpha value is -1.20. The zero-order valence-corrected chi connectivity index (χ0v) is 11.7. The second-order valence-electron chi connectivity index (χ2n) is 4.28. The summed E-state index contributed by atoms with van der Waals surface area (Å²) in [6.07, 6.45) is 2.26. The Morgan fingerprint density at radius 2 is 2.00 bits per heavy atom. The van der Waals surface area contributed by atoms with Gasteiger partial charge < -0.3 is 5.73 Å². The van der Waals surface area contributed by atoms with E-state index >= 15 is 0 Å². The van der Waals surface area contributed by atoms with Gasteiger partial charge in [0, 0.05) is 16.0 Å². The average Bonchev–Trinajstić information content (AvgIpc) is 3.16. The number of hydrogen-bond donors (Lipinski definition) is 1. The maximum absolute atomic E-state index is 5.97. The molecule has 0 saturated heterocycles. The molecule has 1 saturated carbocycles. The van der Waals surface area contributed by atoms with Crippen LogP contribution in [0.25, 0.3) is 11.4 Å². The van der Waals surface area contributed by atoms with Crippen molar-refractivity contribution in [3.8, 4) is 11.4 Å². The molecule has 1 aromatic heterocycles. The number of halogens is 2. The Morgan fingerprint density at radius 1 is 1.22 bits per heavy atom. The molecule has 2 aromatic rings. The van der Waals surface area contributed by atoms with Gasteiger partial charge in [0.15, 0.2) is 5.82 Å². The minimum atomic E-state index is 0.271. The second-order valence-corrected chi connectivity index (χ2v) is 5.54. The predicted molar refractivity (Wildman–Crippen MR) is 74.4 cm³/mol. The minimum absolute atomic E-state index is 0.271. The molecular weight excluding hydrogens is 316 g/mol. The zero-order valence-electron chi connectivity index (χ0n) is 9.40. The molecule has 92 valence electrons. The molecule has 0 radical (unpaired) electrons. The topological polar surface area (TPSA) is 64.7 Å². The van der Waals surface area contributed by atoms with E-state index in [1.807, 2.05) is 12.1 Å². The largest absolute Gasteiger partial charge is 0.368 e. The van der Waals surface area contributed by atoms with Crippen LogP contribution in [0, 0.1) is 0 Å². The van der Waals surface area contributed by atoms with Crippen LogP contribution < -0.4 is 5.73 Å². The molecule has 1 aliphatic rings. The van der Waals surface area contributed by atoms with Crippen molar-refractivity contribution in [2.45, 2.75) is 18.8 Å². The fraction of sp³-hybridized carbons (Fsp3) is 0.250. The lowest BCUT2D eigenvalue weighted by molar-refractivity contribution is 0.902. The molecule has 0 unspecified atom stereocenters. The van der Waals surface area contributed by atoms with Gasteiger partial charge in [0.05, 0.1) is 5.02 Å². The number of hydrogen-bond acceptors (Lipinski definition) is 4. The highest BCUT2D eigenvalue weighted by Gasteiger charge is 2.27. The van der Waals surface area contributed by atoms with E-state index in [0.29, 0.717) is 16.8 Å². The van der Waals surface area contributed by atoms with Crippen molar-refractivity contribution in [2.75, 3.05) is 5.73 Å². The van der Waals surface area contributed by atoms with Gasteiger partial charge in [-0.25, -0.2) is 4.98 Å². The number of nitrogens with zero attached hydrogens (tertiary/aromatic N) is 3. The number of nitrogens with two attached hydrogens (primary N) is 1. The van der Waals surface area contributed by atoms with Crippen LogP contribution in [0.4, 0.5) is 5.95 Å². The van der Waals surface area contributed by atoms with Crippen LogP contribution in [0.15, 0.2) is 22.7 Å². The maximum Gasteiger partial charge on any atom is 0.223 e. The summed E-state index contributed by atoms with van der Waals surface area (Å²) in [6.45, 7) is 0. The molecule has 18 heavy (non-hydrogen) atoms. The fourth-order valence-electron chi connectivity index (χ4n) is 1.70. The summed E-state index contributed by atoms with van der Waals surface area (Å²) in [4.78, 5) is 12.8. The van der Waals surface area contributed by atoms with Gasteiger partial charge in [-0.3, -0.25) is 0 Å². The van der Waals surface area contributed by atoms with Gasteiger partial charge in [0.2, 0.25) is 5.95 Å². The van der Waals surface area contributed by atoms with Crippen LogP contribution in [0.2, 0.25) is 5.02 Å². The first-order valence-electron chi connectivity index (χ1n) is 5.60. The normalized spacial score (nSPS) is 14.8. The maximum atomic E-state index is 5.97. The van der Waals surface area contributed by atoms with Gasteiger partial charge in [0.25, 0.3) is 0 Å². The molecular formula is C12H10BrClN4. The standard InChI is InChI=1S/C12H10BrClN4/c13-8-5-7(3-4-9(8)14)11-16-10(6-1-2-6)17-12(15)18-11/h3-6H,1-2H2,(H2,15,16,17,18). The molecule has 0 bridgehead atoms. The third-order valence-corrected chi connectivity index (χ3v) is 4.00. The minimum Gasteiger partial charge on any atom is -0.368 e. The van der Waals surface area contributed by atoms with Gasteiger partial charge >= 0.3 is 0 Å². The van der Waals surface area contributed by atoms with Crippen LogP contribution in [0.5, 0.6) is 0 Å². The van der Waals surface area contributed by atoms with E-state index in [2.05, 4.69) is 30.9 Å². The number of rotatable bonds is 2. The van der Waals surface area contributed by atoms with Crippen molar-refractivity contribution in [1.29, 1.82) is 0 Å². The molecule has 1 aliphatic carbocycles. The van der Waals surface area contributed by atoms with E-state index in [1.165, 1.54) is 0 Å². The number of aromatic nitrogens is 3. The van der Waals surface area contributed by atoms with Crippen molar-refractivity contribution >= 4 is 33.5 Å². The summed E-state index contributed by atoms with van der Waals surface area (Å²) in [7, 11) is 0. The Morgan fingerprint density at radius 3 is 2.67 bits per heavy atom. The van der Waals surface area contributed by atoms with E-state index in [4.69, 9.17) is 17.3 Å². The molecule has 0 spiro atoms. The summed E-state index contributed by atoms with van der Waals surface area (Å²) in [6, 6.07) is 5.56. The Balaban J connectivity index is 2.07. The number of anilines is 1. The third kappa shape index (κ3) is 2.33. The lowest BCUT2D eigenvalue weighted by atomic mass is 10.2. The molecule has 2 N–H and O–H groups in total. The summed E-state index contributed by atoms with van der Waals surface area (Å²) in [5.74, 6) is 2.11. The quantitative estimate of drug-likeness (QED) is 0.919. The van der Waals surface area contributed by atoms with Crippen LogP contribution in [0.1, 0.15) is 24.6 Å². The first kappa shape index (κ1) is 11.9. The lowest BCUT2D eigenvalue weighted by Gasteiger charge is -2.05. The van der Waals surface area contributed by atoms with Gasteiger partial charge in [-0.2, -0.15) is 9.97 Å². The van der Waals surface area contributed by atoms with Gasteiger partial charge in [-0.15, -0.1) is 0 Å². The smallest absolute Gasteiger partial charge is 0.223 e. The van der Waals surface area contributed by atoms with Crippen molar-refractivity contribution < 1.29 is 0 Å². The molecule has 0 aliphatic heterocycles. The van der Waals surface area contributed by atoms with Crippen LogP contribution in [-0.4, -0.2) is 15.0 Å². The monoisotopic (exact) mass is 324 g/mol. The highest BCUT2D eigenvalue weighted by molar-refractivity contribution is 9.10. The van der Waals surface area contributed by atoms with Crippen molar-refractivity contribution in [3.63, 3.8) is 0 Å². The second kappa shape index (κ2) is 4.48. The van der Waals surface area contributed by atoms with E-state index in [9.17, 15) is 0 Å². The summed E-state index contributed by atoms with van der Waals surface area (Å²) in [5.41, 5.74) is 6.61. The highest BCUT2D eigenvalue weighted by atomic mass is 79.9. The SMILES string of the molecule is Nc1nc(-c2ccc(Cl)c(Br)c2)nc(C2CC2)n1. The van der Waals surface area contributed by atoms with Gasteiger partial charge in [0.1, 0.15) is 5.82 Å². The summed E-state index contributed by atoms with van der Waals surface area (Å²) >= 11 is 9.35. The zero-order chi connectivity index (χ0) is 12.7. The fourth-order valence-corrected chi connectivity index (χ4v) is 2.19. The van der Waals surface area contributed by atoms with E-state index < -0.39 is 0 Å². The average molecular weight is 326 g/mol. The van der Waals surface area contributed by atoms with Crippen molar-refractivity contribution in [1.82, 2.24) is 15.0 Å². The Kier molecular flexibility index (Phi) is 2.95. The number of benzene rings is 1. The first-order valence-corrected chi connectivity index (χ1v) is 6.77. The third-order valence-electron chi connectivity index (χ3n) is 2.79. The van der Waals surface area contributed by atoms with Crippen LogP contribution >= 0.6 is 27.5 Å². The molecule has 1 aromatic carbocycles. The van der Waals surface area contributed by atoms with Crippen LogP contribution in [-0.2, 0) is 0 Å². The molecule has 0 amide bonds. The van der Waals surface area contributed by atoms with E-state index in [0.717, 1.165) is 28.7 Å². The van der Waals surface area contributed by atoms with Gasteiger partial charge in [-0.1, -0.05) is 11.6 Å². The van der Waals surface area contributed by atoms with E-state index in [1.54, 1.807) is 6.07 Å². The first-order chi connectivity index (χ1) is 8.63. The van der Waals surface area contributed by atoms with Crippen molar-refractivity contribution in [2.24, 2.45) is 0 Å².